The van der Waals surface area contributed by atoms with Crippen LogP contribution in [0.25, 0.3) is 0 Å². The Hall–Kier alpha value is -0.530. The van der Waals surface area contributed by atoms with E-state index in [2.05, 4.69) is 30.7 Å². The van der Waals surface area contributed by atoms with E-state index >= 15 is 0 Å². The van der Waals surface area contributed by atoms with E-state index < -0.39 is 0 Å². The molecule has 1 aromatic rings. The van der Waals surface area contributed by atoms with Crippen LogP contribution in [0.1, 0.15) is 156 Å². The third kappa shape index (κ3) is 21.8. The van der Waals surface area contributed by atoms with Gasteiger partial charge in [0.2, 0.25) is 5.28 Å². The summed E-state index contributed by atoms with van der Waals surface area (Å²) in [6.07, 6.45) is 24.6. The lowest BCUT2D eigenvalue weighted by Gasteiger charge is -2.16. The maximum Gasteiger partial charge on any atom is 0.305 e. The fourth-order valence-corrected chi connectivity index (χ4v) is 6.77. The van der Waals surface area contributed by atoms with Crippen molar-refractivity contribution in [2.75, 3.05) is 12.4 Å². The molecule has 1 atom stereocenters. The number of unbranched alkanes of at least 4 members (excludes halogenated alkanes) is 14. The highest BCUT2D eigenvalue weighted by Gasteiger charge is 2.15. The second-order valence-electron chi connectivity index (χ2n) is 10.6. The molecule has 0 aliphatic rings. The Bertz CT molecular complexity index is 727. The van der Waals surface area contributed by atoms with E-state index in [1.54, 1.807) is 23.5 Å². The molecular weight excluding hydrogens is 546 g/mol. The van der Waals surface area contributed by atoms with Crippen LogP contribution >= 0.6 is 35.1 Å². The highest BCUT2D eigenvalue weighted by atomic mass is 35.5. The van der Waals surface area contributed by atoms with Gasteiger partial charge in [-0.05, 0) is 43.7 Å². The highest BCUT2D eigenvalue weighted by molar-refractivity contribution is 8.00. The fourth-order valence-electron chi connectivity index (χ4n) is 4.47. The quantitative estimate of drug-likeness (QED) is 0.0564. The molecule has 0 fully saturated rings. The molecule has 0 saturated heterocycles. The van der Waals surface area contributed by atoms with Crippen LogP contribution < -0.4 is 0 Å². The van der Waals surface area contributed by atoms with Crippen LogP contribution in [0.4, 0.5) is 0 Å². The zero-order valence-electron chi connectivity index (χ0n) is 25.2. The molecule has 0 radical (unpaired) electrons. The van der Waals surface area contributed by atoms with Crippen molar-refractivity contribution in [3.63, 3.8) is 0 Å². The summed E-state index contributed by atoms with van der Waals surface area (Å²) in [6, 6.07) is 0. The summed E-state index contributed by atoms with van der Waals surface area (Å²) in [5.74, 6) is 0.968. The first kappa shape index (κ1) is 36.5. The zero-order chi connectivity index (χ0) is 28.4. The predicted molar refractivity (Wildman–Crippen MR) is 170 cm³/mol. The molecule has 226 valence electrons. The summed E-state index contributed by atoms with van der Waals surface area (Å²) in [6.45, 7) is 7.26. The lowest BCUT2D eigenvalue weighted by molar-refractivity contribution is -0.143. The third-order valence-corrected chi connectivity index (χ3v) is 9.17. The molecule has 39 heavy (non-hydrogen) atoms. The minimum Gasteiger partial charge on any atom is -0.466 e. The van der Waals surface area contributed by atoms with E-state index in [1.807, 2.05) is 0 Å². The molecule has 1 unspecified atom stereocenters. The van der Waals surface area contributed by atoms with Gasteiger partial charge in [0.1, 0.15) is 0 Å². The van der Waals surface area contributed by atoms with E-state index in [1.165, 1.54) is 89.9 Å². The number of ether oxygens (including phenoxy) is 1. The van der Waals surface area contributed by atoms with Crippen LogP contribution in [-0.4, -0.2) is 38.5 Å². The summed E-state index contributed by atoms with van der Waals surface area (Å²) in [5, 5.41) is 2.19. The van der Waals surface area contributed by atoms with Crippen LogP contribution in [0.15, 0.2) is 10.3 Å². The summed E-state index contributed by atoms with van der Waals surface area (Å²) in [7, 11) is 0. The van der Waals surface area contributed by atoms with Crippen LogP contribution in [0.2, 0.25) is 5.28 Å². The van der Waals surface area contributed by atoms with Crippen LogP contribution in [0.3, 0.4) is 0 Å². The predicted octanol–water partition coefficient (Wildman–Crippen LogP) is 10.9. The number of carbonyl (C=O) groups is 1. The molecule has 5 nitrogen and oxygen atoms in total. The Kier molecular flexibility index (Phi) is 24.7. The molecule has 8 heteroatoms. The summed E-state index contributed by atoms with van der Waals surface area (Å²) in [5.41, 5.74) is 0. The molecule has 1 rings (SSSR count). The minimum absolute atomic E-state index is 0.0546. The maximum atomic E-state index is 12.1. The van der Waals surface area contributed by atoms with Gasteiger partial charge in [-0.1, -0.05) is 141 Å². The number of esters is 1. The van der Waals surface area contributed by atoms with Gasteiger partial charge >= 0.3 is 5.97 Å². The van der Waals surface area contributed by atoms with Crippen molar-refractivity contribution in [3.8, 4) is 0 Å². The number of nitrogens with zero attached hydrogens (tertiary/aromatic N) is 3. The minimum atomic E-state index is -0.0546. The molecule has 0 aliphatic heterocycles. The van der Waals surface area contributed by atoms with Crippen molar-refractivity contribution < 1.29 is 9.53 Å². The van der Waals surface area contributed by atoms with E-state index in [-0.39, 0.29) is 11.3 Å². The van der Waals surface area contributed by atoms with Gasteiger partial charge in [0.15, 0.2) is 10.3 Å². The monoisotopic (exact) mass is 601 g/mol. The Morgan fingerprint density at radius 3 is 1.90 bits per heavy atom. The van der Waals surface area contributed by atoms with Gasteiger partial charge in [-0.2, -0.15) is 15.0 Å². The third-order valence-electron chi connectivity index (χ3n) is 6.87. The molecule has 1 aromatic heterocycles. The van der Waals surface area contributed by atoms with Gasteiger partial charge in [-0.25, -0.2) is 0 Å². The molecule has 0 N–H and O–H groups in total. The van der Waals surface area contributed by atoms with Crippen LogP contribution in [-0.2, 0) is 9.53 Å². The molecule has 1 heterocycles. The molecule has 0 spiro atoms. The largest absolute Gasteiger partial charge is 0.466 e. The maximum absolute atomic E-state index is 12.1. The van der Waals surface area contributed by atoms with Crippen molar-refractivity contribution in [2.24, 2.45) is 0 Å². The van der Waals surface area contributed by atoms with Gasteiger partial charge in [0.05, 0.1) is 6.61 Å². The molecule has 0 bridgehead atoms. The first-order chi connectivity index (χ1) is 19.1. The number of hydrogen-bond donors (Lipinski definition) is 0. The average Bonchev–Trinajstić information content (AvgIpc) is 2.92. The highest BCUT2D eigenvalue weighted by Crippen LogP contribution is 2.30. The molecular formula is C31H56ClN3O2S2. The Morgan fingerprint density at radius 1 is 0.692 bits per heavy atom. The topological polar surface area (TPSA) is 65.0 Å². The summed E-state index contributed by atoms with van der Waals surface area (Å²) < 4.78 is 5.39. The molecule has 0 amide bonds. The van der Waals surface area contributed by atoms with Crippen LogP contribution in [0.5, 0.6) is 0 Å². The smallest absolute Gasteiger partial charge is 0.305 e. The molecule has 0 aliphatic carbocycles. The average molecular weight is 602 g/mol. The number of hydrogen-bond acceptors (Lipinski definition) is 7. The first-order valence-electron chi connectivity index (χ1n) is 16.0. The molecule has 0 aromatic carbocycles. The van der Waals surface area contributed by atoms with Gasteiger partial charge in [-0.3, -0.25) is 4.79 Å². The van der Waals surface area contributed by atoms with E-state index in [9.17, 15) is 4.79 Å². The second-order valence-corrected chi connectivity index (χ2v) is 13.3. The number of aromatic nitrogens is 3. The Morgan fingerprint density at radius 2 is 1.23 bits per heavy atom. The number of rotatable bonds is 27. The standard InChI is InChI=1S/C31H56ClN3O2S2/c1-4-7-10-13-14-15-16-21-26-38-30-33-29(32)34-31(35-30)39-27(22-17-11-8-5-2)23-18-19-24-28(36)37-25-20-12-9-6-3/h27H,4-26H2,1-3H3. The van der Waals surface area contributed by atoms with Gasteiger partial charge in [0, 0.05) is 17.4 Å². The van der Waals surface area contributed by atoms with Crippen LogP contribution in [0, 0.1) is 0 Å². The van der Waals surface area contributed by atoms with Crippen molar-refractivity contribution in [1.29, 1.82) is 0 Å². The SMILES string of the molecule is CCCCCCCCCCSc1nc(Cl)nc(SC(CCCCCC)CCCCC(=O)OCCCCCC)n1. The van der Waals surface area contributed by atoms with E-state index in [0.717, 1.165) is 54.6 Å². The lowest BCUT2D eigenvalue weighted by atomic mass is 10.1. The van der Waals surface area contributed by atoms with Gasteiger partial charge in [0.25, 0.3) is 0 Å². The number of thioether (sulfide) groups is 2. The Balaban J connectivity index is 2.44. The fraction of sp³-hybridized carbons (Fsp3) is 0.871. The second kappa shape index (κ2) is 26.4. The normalized spacial score (nSPS) is 12.1. The van der Waals surface area contributed by atoms with E-state index in [0.29, 0.717) is 18.3 Å². The number of halogens is 1. The van der Waals surface area contributed by atoms with Gasteiger partial charge < -0.3 is 4.74 Å². The summed E-state index contributed by atoms with van der Waals surface area (Å²) in [4.78, 5) is 25.6. The van der Waals surface area contributed by atoms with Crippen molar-refractivity contribution in [1.82, 2.24) is 15.0 Å². The summed E-state index contributed by atoms with van der Waals surface area (Å²) >= 11 is 9.72. The van der Waals surface area contributed by atoms with E-state index in [4.69, 9.17) is 21.3 Å². The van der Waals surface area contributed by atoms with Crippen molar-refractivity contribution >= 4 is 41.1 Å². The van der Waals surface area contributed by atoms with Gasteiger partial charge in [-0.15, -0.1) is 0 Å². The molecule has 0 saturated carbocycles. The zero-order valence-corrected chi connectivity index (χ0v) is 27.6. The lowest BCUT2D eigenvalue weighted by Crippen LogP contribution is -2.08. The Labute approximate surface area is 253 Å². The van der Waals surface area contributed by atoms with Crippen molar-refractivity contribution in [3.05, 3.63) is 5.28 Å². The number of carbonyl (C=O) groups excluding carboxylic acids is 1. The van der Waals surface area contributed by atoms with Crippen molar-refractivity contribution in [2.45, 2.75) is 171 Å². The first-order valence-corrected chi connectivity index (χ1v) is 18.2.